The maximum absolute atomic E-state index is 11.8. The standard InChI is InChI=1S/C12H19N3O3/c1-7(2)10-6-9(14-15(10)4)12(18)13-8(3)5-11(16)17/h6-8H,5H2,1-4H3,(H,13,18)(H,16,17). The molecule has 0 fully saturated rings. The summed E-state index contributed by atoms with van der Waals surface area (Å²) in [5.41, 5.74) is 1.28. The van der Waals surface area contributed by atoms with Crippen LogP contribution in [-0.2, 0) is 11.8 Å². The number of aryl methyl sites for hydroxylation is 1. The molecule has 0 saturated heterocycles. The predicted molar refractivity (Wildman–Crippen MR) is 66.5 cm³/mol. The van der Waals surface area contributed by atoms with E-state index < -0.39 is 12.0 Å². The molecular weight excluding hydrogens is 234 g/mol. The van der Waals surface area contributed by atoms with E-state index in [1.165, 1.54) is 0 Å². The lowest BCUT2D eigenvalue weighted by Gasteiger charge is -2.09. The van der Waals surface area contributed by atoms with Crippen LogP contribution in [-0.4, -0.2) is 32.8 Å². The number of carboxylic acids is 1. The van der Waals surface area contributed by atoms with Crippen LogP contribution < -0.4 is 5.32 Å². The van der Waals surface area contributed by atoms with Gasteiger partial charge in [0.1, 0.15) is 5.69 Å². The third kappa shape index (κ3) is 3.58. The average molecular weight is 253 g/mol. The number of nitrogens with zero attached hydrogens (tertiary/aromatic N) is 2. The van der Waals surface area contributed by atoms with Gasteiger partial charge in [-0.1, -0.05) is 13.8 Å². The molecule has 2 N–H and O–H groups in total. The molecule has 0 spiro atoms. The van der Waals surface area contributed by atoms with Crippen LogP contribution in [0.4, 0.5) is 0 Å². The largest absolute Gasteiger partial charge is 0.481 e. The van der Waals surface area contributed by atoms with Gasteiger partial charge >= 0.3 is 5.97 Å². The van der Waals surface area contributed by atoms with E-state index in [1.807, 2.05) is 13.8 Å². The van der Waals surface area contributed by atoms with E-state index >= 15 is 0 Å². The number of aliphatic carboxylic acids is 1. The number of carbonyl (C=O) groups excluding carboxylic acids is 1. The van der Waals surface area contributed by atoms with Crippen LogP contribution in [0.15, 0.2) is 6.07 Å². The fourth-order valence-electron chi connectivity index (χ4n) is 1.74. The number of amides is 1. The van der Waals surface area contributed by atoms with Crippen molar-refractivity contribution in [3.8, 4) is 0 Å². The Bertz CT molecular complexity index is 451. The molecule has 6 heteroatoms. The number of nitrogens with one attached hydrogen (secondary N) is 1. The lowest BCUT2D eigenvalue weighted by Crippen LogP contribution is -2.34. The second kappa shape index (κ2) is 5.66. The fraction of sp³-hybridized carbons (Fsp3) is 0.583. The first-order valence-electron chi connectivity index (χ1n) is 5.87. The molecule has 1 atom stereocenters. The molecule has 6 nitrogen and oxygen atoms in total. The Kier molecular flexibility index (Phi) is 4.47. The van der Waals surface area contributed by atoms with Gasteiger partial charge in [0, 0.05) is 18.8 Å². The molecule has 0 bridgehead atoms. The monoisotopic (exact) mass is 253 g/mol. The van der Waals surface area contributed by atoms with Crippen molar-refractivity contribution in [3.63, 3.8) is 0 Å². The van der Waals surface area contributed by atoms with Gasteiger partial charge in [0.05, 0.1) is 6.42 Å². The molecular formula is C12H19N3O3. The van der Waals surface area contributed by atoms with Crippen LogP contribution in [0.25, 0.3) is 0 Å². The predicted octanol–water partition coefficient (Wildman–Crippen LogP) is 1.14. The van der Waals surface area contributed by atoms with Crippen LogP contribution in [0, 0.1) is 0 Å². The maximum Gasteiger partial charge on any atom is 0.305 e. The Labute approximate surface area is 106 Å². The van der Waals surface area contributed by atoms with Crippen LogP contribution in [0.5, 0.6) is 0 Å². The highest BCUT2D eigenvalue weighted by Gasteiger charge is 2.17. The fourth-order valence-corrected chi connectivity index (χ4v) is 1.74. The quantitative estimate of drug-likeness (QED) is 0.824. The number of aromatic nitrogens is 2. The van der Waals surface area contributed by atoms with Gasteiger partial charge in [0.25, 0.3) is 5.91 Å². The van der Waals surface area contributed by atoms with E-state index in [0.29, 0.717) is 5.69 Å². The van der Waals surface area contributed by atoms with Crippen LogP contribution in [0.2, 0.25) is 0 Å². The zero-order valence-electron chi connectivity index (χ0n) is 11.1. The molecule has 1 aromatic heterocycles. The maximum atomic E-state index is 11.8. The second-order valence-electron chi connectivity index (χ2n) is 4.71. The van der Waals surface area contributed by atoms with Gasteiger partial charge in [-0.3, -0.25) is 14.3 Å². The van der Waals surface area contributed by atoms with Gasteiger partial charge in [-0.25, -0.2) is 0 Å². The number of hydrogen-bond acceptors (Lipinski definition) is 3. The van der Waals surface area contributed by atoms with Gasteiger partial charge in [-0.2, -0.15) is 5.10 Å². The third-order valence-electron chi connectivity index (χ3n) is 2.60. The van der Waals surface area contributed by atoms with Crippen molar-refractivity contribution in [2.45, 2.75) is 39.2 Å². The Balaban J connectivity index is 2.73. The van der Waals surface area contributed by atoms with Crippen molar-refractivity contribution in [1.29, 1.82) is 0 Å². The molecule has 0 aliphatic heterocycles. The van der Waals surface area contributed by atoms with Crippen LogP contribution >= 0.6 is 0 Å². The number of rotatable bonds is 5. The highest BCUT2D eigenvalue weighted by atomic mass is 16.4. The SMILES string of the molecule is CC(CC(=O)O)NC(=O)c1cc(C(C)C)n(C)n1. The lowest BCUT2D eigenvalue weighted by atomic mass is 10.1. The van der Waals surface area contributed by atoms with Gasteiger partial charge in [-0.15, -0.1) is 0 Å². The number of carboxylic acid groups (broad SMARTS) is 1. The zero-order chi connectivity index (χ0) is 13.9. The van der Waals surface area contributed by atoms with Crippen molar-refractivity contribution in [2.24, 2.45) is 7.05 Å². The van der Waals surface area contributed by atoms with E-state index in [2.05, 4.69) is 10.4 Å². The van der Waals surface area contributed by atoms with E-state index in [9.17, 15) is 9.59 Å². The lowest BCUT2D eigenvalue weighted by molar-refractivity contribution is -0.137. The molecule has 0 radical (unpaired) electrons. The van der Waals surface area contributed by atoms with Crippen molar-refractivity contribution >= 4 is 11.9 Å². The van der Waals surface area contributed by atoms with Crippen molar-refractivity contribution in [1.82, 2.24) is 15.1 Å². The van der Waals surface area contributed by atoms with Gasteiger partial charge < -0.3 is 10.4 Å². The zero-order valence-corrected chi connectivity index (χ0v) is 11.1. The first-order valence-corrected chi connectivity index (χ1v) is 5.87. The van der Waals surface area contributed by atoms with E-state index in [1.54, 1.807) is 24.7 Å². The Morgan fingerprint density at radius 3 is 2.50 bits per heavy atom. The molecule has 0 aromatic carbocycles. The summed E-state index contributed by atoms with van der Waals surface area (Å²) in [7, 11) is 1.78. The highest BCUT2D eigenvalue weighted by molar-refractivity contribution is 5.92. The Hall–Kier alpha value is -1.85. The minimum atomic E-state index is -0.938. The Morgan fingerprint density at radius 2 is 2.06 bits per heavy atom. The van der Waals surface area contributed by atoms with E-state index in [0.717, 1.165) is 5.69 Å². The minimum absolute atomic E-state index is 0.102. The summed E-state index contributed by atoms with van der Waals surface area (Å²) < 4.78 is 1.67. The molecule has 0 saturated carbocycles. The summed E-state index contributed by atoms with van der Waals surface area (Å²) in [5.74, 6) is -1.00. The van der Waals surface area contributed by atoms with E-state index in [-0.39, 0.29) is 18.2 Å². The van der Waals surface area contributed by atoms with Gasteiger partial charge in [0.2, 0.25) is 0 Å². The normalized spacial score (nSPS) is 12.5. The summed E-state index contributed by atoms with van der Waals surface area (Å²) in [6, 6.07) is 1.31. The molecule has 1 unspecified atom stereocenters. The van der Waals surface area contributed by atoms with Gasteiger partial charge in [0.15, 0.2) is 0 Å². The molecule has 18 heavy (non-hydrogen) atoms. The summed E-state index contributed by atoms with van der Waals surface area (Å²) in [6.07, 6.45) is -0.102. The van der Waals surface area contributed by atoms with Crippen molar-refractivity contribution in [2.75, 3.05) is 0 Å². The molecule has 0 aliphatic rings. The summed E-state index contributed by atoms with van der Waals surface area (Å²) >= 11 is 0. The second-order valence-corrected chi connectivity index (χ2v) is 4.71. The van der Waals surface area contributed by atoms with Gasteiger partial charge in [-0.05, 0) is 18.9 Å². The van der Waals surface area contributed by atoms with Crippen LogP contribution in [0.3, 0.4) is 0 Å². The highest BCUT2D eigenvalue weighted by Crippen LogP contribution is 2.14. The summed E-state index contributed by atoms with van der Waals surface area (Å²) in [6.45, 7) is 5.69. The topological polar surface area (TPSA) is 84.2 Å². The average Bonchev–Trinajstić information content (AvgIpc) is 2.58. The molecule has 100 valence electrons. The first-order chi connectivity index (χ1) is 8.31. The third-order valence-corrected chi connectivity index (χ3v) is 2.60. The summed E-state index contributed by atoms with van der Waals surface area (Å²) in [5, 5.41) is 15.3. The Morgan fingerprint density at radius 1 is 1.44 bits per heavy atom. The van der Waals surface area contributed by atoms with Crippen LogP contribution in [0.1, 0.15) is 49.3 Å². The molecule has 1 amide bonds. The molecule has 1 heterocycles. The minimum Gasteiger partial charge on any atom is -0.481 e. The van der Waals surface area contributed by atoms with Crippen molar-refractivity contribution < 1.29 is 14.7 Å². The number of carbonyl (C=O) groups is 2. The summed E-state index contributed by atoms with van der Waals surface area (Å²) in [4.78, 5) is 22.3. The molecule has 1 rings (SSSR count). The first kappa shape index (κ1) is 14.2. The molecule has 0 aliphatic carbocycles. The van der Waals surface area contributed by atoms with E-state index in [4.69, 9.17) is 5.11 Å². The molecule has 1 aromatic rings. The van der Waals surface area contributed by atoms with Crippen molar-refractivity contribution in [3.05, 3.63) is 17.5 Å². The smallest absolute Gasteiger partial charge is 0.305 e. The number of hydrogen-bond donors (Lipinski definition) is 2.